The lowest BCUT2D eigenvalue weighted by atomic mass is 9.89. The summed E-state index contributed by atoms with van der Waals surface area (Å²) in [6, 6.07) is 10.2. The van der Waals surface area contributed by atoms with Crippen molar-refractivity contribution >= 4 is 11.5 Å². The molecule has 164 valence electrons. The Bertz CT molecular complexity index is 609. The second-order valence-corrected chi connectivity index (χ2v) is 6.56. The number of aliphatic carboxylic acids is 1. The summed E-state index contributed by atoms with van der Waals surface area (Å²) < 4.78 is 0. The fraction of sp³-hybridized carbons (Fsp3) is 0.571. The summed E-state index contributed by atoms with van der Waals surface area (Å²) >= 11 is 0. The van der Waals surface area contributed by atoms with E-state index in [-0.39, 0.29) is 6.42 Å². The summed E-state index contributed by atoms with van der Waals surface area (Å²) in [5.74, 6) is 0.441. The second kappa shape index (κ2) is 13.9. The first kappa shape index (κ1) is 24.9. The Morgan fingerprint density at radius 2 is 1.62 bits per heavy atom. The van der Waals surface area contributed by atoms with Gasteiger partial charge in [-0.2, -0.15) is 0 Å². The van der Waals surface area contributed by atoms with Gasteiger partial charge in [-0.05, 0) is 17.9 Å². The van der Waals surface area contributed by atoms with Gasteiger partial charge in [0.25, 0.3) is 0 Å². The number of hydrogen-bond acceptors (Lipinski definition) is 7. The summed E-state index contributed by atoms with van der Waals surface area (Å²) in [5.41, 5.74) is 2.17. The number of allylic oxidation sites excluding steroid dienone is 1. The minimum absolute atomic E-state index is 0.222. The van der Waals surface area contributed by atoms with E-state index >= 15 is 0 Å². The Balaban J connectivity index is 0.000000749. The molecule has 29 heavy (non-hydrogen) atoms. The number of nitrogens with zero attached hydrogens (tertiary/aromatic N) is 2. The van der Waals surface area contributed by atoms with Gasteiger partial charge >= 0.3 is 5.97 Å². The monoisotopic (exact) mass is 410 g/mol. The molecule has 1 N–H and O–H groups in total. The number of hydroxylamine groups is 4. The molecule has 0 amide bonds. The van der Waals surface area contributed by atoms with Crippen molar-refractivity contribution in [1.29, 1.82) is 0 Å². The highest BCUT2D eigenvalue weighted by Crippen LogP contribution is 2.35. The minimum Gasteiger partial charge on any atom is -0.481 e. The largest absolute Gasteiger partial charge is 0.481 e. The zero-order valence-corrected chi connectivity index (χ0v) is 18.1. The Kier molecular flexibility index (Phi) is 12.0. The number of rotatable bonds is 10. The fourth-order valence-electron chi connectivity index (χ4n) is 2.86. The van der Waals surface area contributed by atoms with Crippen LogP contribution in [0.2, 0.25) is 0 Å². The van der Waals surface area contributed by atoms with Crippen LogP contribution in [-0.2, 0) is 24.4 Å². The Hall–Kier alpha value is -2.13. The second-order valence-electron chi connectivity index (χ2n) is 6.56. The molecule has 1 aromatic carbocycles. The third kappa shape index (κ3) is 8.02. The van der Waals surface area contributed by atoms with Gasteiger partial charge < -0.3 is 5.11 Å². The SMILES string of the molecule is CCC(=O)O.CCCCC(CC)CC(=C1N(OC)OON1OC)c1ccccc1. The summed E-state index contributed by atoms with van der Waals surface area (Å²) in [6.07, 6.45) is 5.85. The van der Waals surface area contributed by atoms with Crippen LogP contribution in [0.25, 0.3) is 5.57 Å². The molecule has 0 aromatic heterocycles. The summed E-state index contributed by atoms with van der Waals surface area (Å²) in [4.78, 5) is 30.0. The van der Waals surface area contributed by atoms with Gasteiger partial charge in [-0.15, -0.1) is 0 Å². The van der Waals surface area contributed by atoms with Crippen molar-refractivity contribution in [2.75, 3.05) is 14.2 Å². The number of unbranched alkanes of at least 4 members (excludes halogenated alkanes) is 1. The van der Waals surface area contributed by atoms with E-state index in [2.05, 4.69) is 26.0 Å². The van der Waals surface area contributed by atoms with E-state index in [0.29, 0.717) is 11.7 Å². The van der Waals surface area contributed by atoms with Crippen molar-refractivity contribution in [1.82, 2.24) is 10.5 Å². The first-order valence-electron chi connectivity index (χ1n) is 10.1. The van der Waals surface area contributed by atoms with Gasteiger partial charge in [-0.25, -0.2) is 9.68 Å². The Morgan fingerprint density at radius 3 is 2.03 bits per heavy atom. The Morgan fingerprint density at radius 1 is 1.07 bits per heavy atom. The molecule has 1 heterocycles. The summed E-state index contributed by atoms with van der Waals surface area (Å²) in [6.45, 7) is 6.06. The molecule has 1 saturated heterocycles. The van der Waals surface area contributed by atoms with Crippen molar-refractivity contribution in [3.8, 4) is 0 Å². The van der Waals surface area contributed by atoms with Gasteiger partial charge in [-0.3, -0.25) is 4.79 Å². The molecule has 0 spiro atoms. The van der Waals surface area contributed by atoms with Gasteiger partial charge in [0.2, 0.25) is 5.82 Å². The zero-order chi connectivity index (χ0) is 21.6. The molecule has 8 nitrogen and oxygen atoms in total. The topological polar surface area (TPSA) is 80.7 Å². The Labute approximate surface area is 173 Å². The lowest BCUT2D eigenvalue weighted by molar-refractivity contribution is -0.534. The molecule has 1 fully saturated rings. The third-order valence-corrected chi connectivity index (χ3v) is 4.58. The van der Waals surface area contributed by atoms with Crippen molar-refractivity contribution in [3.63, 3.8) is 0 Å². The van der Waals surface area contributed by atoms with Crippen LogP contribution >= 0.6 is 0 Å². The highest BCUT2D eigenvalue weighted by Gasteiger charge is 2.34. The van der Waals surface area contributed by atoms with E-state index < -0.39 is 5.97 Å². The van der Waals surface area contributed by atoms with E-state index in [0.717, 1.165) is 24.0 Å². The van der Waals surface area contributed by atoms with Crippen LogP contribution < -0.4 is 0 Å². The maximum atomic E-state index is 9.37. The van der Waals surface area contributed by atoms with Crippen LogP contribution in [0.4, 0.5) is 0 Å². The van der Waals surface area contributed by atoms with Crippen LogP contribution in [0.1, 0.15) is 64.9 Å². The van der Waals surface area contributed by atoms with Gasteiger partial charge in [0.1, 0.15) is 0 Å². The molecular formula is C21H34N2O6. The van der Waals surface area contributed by atoms with Gasteiger partial charge in [0.15, 0.2) is 0 Å². The van der Waals surface area contributed by atoms with E-state index in [1.807, 2.05) is 18.2 Å². The normalized spacial score (nSPS) is 14.4. The van der Waals surface area contributed by atoms with E-state index in [1.54, 1.807) is 6.92 Å². The molecule has 1 unspecified atom stereocenters. The fourth-order valence-corrected chi connectivity index (χ4v) is 2.86. The smallest absolute Gasteiger partial charge is 0.303 e. The lowest BCUT2D eigenvalue weighted by Gasteiger charge is -2.22. The molecule has 0 saturated carbocycles. The van der Waals surface area contributed by atoms with Crippen molar-refractivity contribution < 1.29 is 29.6 Å². The molecule has 1 aliphatic heterocycles. The van der Waals surface area contributed by atoms with E-state index in [1.165, 1.54) is 43.9 Å². The van der Waals surface area contributed by atoms with Crippen molar-refractivity contribution in [3.05, 3.63) is 41.7 Å². The lowest BCUT2D eigenvalue weighted by Crippen LogP contribution is -2.23. The molecule has 2 rings (SSSR count). The maximum absolute atomic E-state index is 9.37. The van der Waals surface area contributed by atoms with Crippen LogP contribution in [0, 0.1) is 5.92 Å². The molecule has 0 aliphatic carbocycles. The number of carbonyl (C=O) groups is 1. The standard InChI is InChI=1S/C18H28N2O4.C3H6O2/c1-5-7-11-15(6-2)14-17(16-12-9-8-10-13-16)18-19(21-3)23-24-20(18)22-4;1-2-3(4)5/h8-10,12-13,15H,5-7,11,14H2,1-4H3;2H2,1H3,(H,4,5). The first-order valence-corrected chi connectivity index (χ1v) is 10.1. The molecule has 1 atom stereocenters. The van der Waals surface area contributed by atoms with Crippen molar-refractivity contribution in [2.24, 2.45) is 5.92 Å². The van der Waals surface area contributed by atoms with Crippen LogP contribution in [0.15, 0.2) is 36.2 Å². The van der Waals surface area contributed by atoms with Gasteiger partial charge in [-0.1, -0.05) is 97.2 Å². The summed E-state index contributed by atoms with van der Waals surface area (Å²) in [7, 11) is 3.05. The molecule has 0 radical (unpaired) electrons. The highest BCUT2D eigenvalue weighted by atomic mass is 17.4. The number of carboxylic acid groups (broad SMARTS) is 1. The minimum atomic E-state index is -0.745. The zero-order valence-electron chi connectivity index (χ0n) is 18.1. The predicted molar refractivity (Wildman–Crippen MR) is 109 cm³/mol. The average molecular weight is 411 g/mol. The quantitative estimate of drug-likeness (QED) is 0.542. The predicted octanol–water partition coefficient (Wildman–Crippen LogP) is 4.96. The molecule has 1 aromatic rings. The maximum Gasteiger partial charge on any atom is 0.303 e. The van der Waals surface area contributed by atoms with Gasteiger partial charge in [0.05, 0.1) is 14.2 Å². The number of hydrogen-bond donors (Lipinski definition) is 1. The van der Waals surface area contributed by atoms with E-state index in [4.69, 9.17) is 24.8 Å². The average Bonchev–Trinajstić information content (AvgIpc) is 3.18. The van der Waals surface area contributed by atoms with Crippen LogP contribution in [-0.4, -0.2) is 35.7 Å². The molecule has 0 bridgehead atoms. The highest BCUT2D eigenvalue weighted by molar-refractivity contribution is 5.67. The number of benzene rings is 1. The van der Waals surface area contributed by atoms with Crippen LogP contribution in [0.3, 0.4) is 0 Å². The van der Waals surface area contributed by atoms with Crippen molar-refractivity contribution in [2.45, 2.75) is 59.3 Å². The van der Waals surface area contributed by atoms with Gasteiger partial charge in [0, 0.05) is 12.0 Å². The number of carboxylic acids is 1. The first-order chi connectivity index (χ1) is 14.0. The van der Waals surface area contributed by atoms with Crippen LogP contribution in [0.5, 0.6) is 0 Å². The summed E-state index contributed by atoms with van der Waals surface area (Å²) in [5, 5.41) is 10.2. The molecular weight excluding hydrogens is 376 g/mol. The third-order valence-electron chi connectivity index (χ3n) is 4.58. The molecule has 8 heteroatoms. The van der Waals surface area contributed by atoms with E-state index in [9.17, 15) is 4.79 Å². The molecule has 1 aliphatic rings.